The molecule has 2 aliphatic carbocycles. The first-order chi connectivity index (χ1) is 9.63. The summed E-state index contributed by atoms with van der Waals surface area (Å²) in [6, 6.07) is 0. The number of aliphatic carboxylic acids is 1. The molecule has 0 aliphatic heterocycles. The summed E-state index contributed by atoms with van der Waals surface area (Å²) in [5, 5.41) is 24.7. The van der Waals surface area contributed by atoms with Gasteiger partial charge in [-0.25, -0.2) is 9.67 Å². The number of carboxylic acids is 1. The Kier molecular flexibility index (Phi) is 2.15. The van der Waals surface area contributed by atoms with E-state index in [9.17, 15) is 10.0 Å². The predicted octanol–water partition coefficient (Wildman–Crippen LogP) is 0.187. The van der Waals surface area contributed by atoms with Crippen LogP contribution in [0.25, 0.3) is 5.82 Å². The quantitative estimate of drug-likeness (QED) is 0.635. The molecule has 0 spiro atoms. The summed E-state index contributed by atoms with van der Waals surface area (Å²) in [4.78, 5) is 15.1. The predicted molar refractivity (Wildman–Crippen MR) is 66.2 cm³/mol. The SMILES string of the molecule is O=C(O)Cc1nn(-c2c[n+]([O-])ccn2)c2c1CC1CC21. The molecule has 102 valence electrons. The largest absolute Gasteiger partial charge is 0.619 e. The molecule has 0 aromatic carbocycles. The summed E-state index contributed by atoms with van der Waals surface area (Å²) in [5.41, 5.74) is 2.68. The van der Waals surface area contributed by atoms with E-state index in [4.69, 9.17) is 5.11 Å². The molecule has 2 heterocycles. The van der Waals surface area contributed by atoms with Crippen molar-refractivity contribution in [2.75, 3.05) is 0 Å². The molecule has 1 N–H and O–H groups in total. The minimum Gasteiger partial charge on any atom is -0.619 e. The summed E-state index contributed by atoms with van der Waals surface area (Å²) in [6.07, 6.45) is 6.02. The normalized spacial score (nSPS) is 22.4. The molecule has 2 aliphatic rings. The van der Waals surface area contributed by atoms with Gasteiger partial charge in [-0.1, -0.05) is 0 Å². The van der Waals surface area contributed by atoms with E-state index in [1.54, 1.807) is 4.68 Å². The molecule has 2 aromatic heterocycles. The van der Waals surface area contributed by atoms with Crippen LogP contribution >= 0.6 is 0 Å². The molecule has 1 fully saturated rings. The van der Waals surface area contributed by atoms with Gasteiger partial charge in [0.1, 0.15) is 0 Å². The lowest BCUT2D eigenvalue weighted by molar-refractivity contribution is -0.605. The van der Waals surface area contributed by atoms with Gasteiger partial charge in [-0.05, 0) is 24.3 Å². The number of fused-ring (bicyclic) bond motifs is 3. The molecule has 2 atom stereocenters. The summed E-state index contributed by atoms with van der Waals surface area (Å²) >= 11 is 0. The van der Waals surface area contributed by atoms with Crippen LogP contribution in [-0.2, 0) is 17.6 Å². The van der Waals surface area contributed by atoms with Crippen molar-refractivity contribution in [2.45, 2.75) is 25.2 Å². The molecule has 20 heavy (non-hydrogen) atoms. The lowest BCUT2D eigenvalue weighted by atomic mass is 10.1. The molecule has 0 saturated heterocycles. The molecule has 7 heteroatoms. The van der Waals surface area contributed by atoms with Crippen molar-refractivity contribution in [3.63, 3.8) is 0 Å². The van der Waals surface area contributed by atoms with Crippen LogP contribution in [0.2, 0.25) is 0 Å². The molecule has 2 unspecified atom stereocenters. The second kappa shape index (κ2) is 3.78. The van der Waals surface area contributed by atoms with Gasteiger partial charge in [-0.2, -0.15) is 9.83 Å². The van der Waals surface area contributed by atoms with Crippen LogP contribution in [0.1, 0.15) is 29.3 Å². The third-order valence-corrected chi connectivity index (χ3v) is 4.05. The number of hydrogen-bond donors (Lipinski definition) is 1. The number of aromatic nitrogens is 4. The van der Waals surface area contributed by atoms with Crippen molar-refractivity contribution in [3.8, 4) is 5.82 Å². The number of carbonyl (C=O) groups is 1. The zero-order valence-electron chi connectivity index (χ0n) is 10.6. The topological polar surface area (TPSA) is 95.0 Å². The van der Waals surface area contributed by atoms with Crippen LogP contribution in [-0.4, -0.2) is 25.8 Å². The number of carboxylic acid groups (broad SMARTS) is 1. The molecule has 7 nitrogen and oxygen atoms in total. The first-order valence-corrected chi connectivity index (χ1v) is 6.51. The van der Waals surface area contributed by atoms with E-state index in [0.717, 1.165) is 24.1 Å². The Morgan fingerprint density at radius 3 is 3.20 bits per heavy atom. The lowest BCUT2D eigenvalue weighted by Gasteiger charge is -2.04. The molecule has 4 rings (SSSR count). The Labute approximate surface area is 114 Å². The van der Waals surface area contributed by atoms with Gasteiger partial charge in [0.15, 0.2) is 6.20 Å². The Balaban J connectivity index is 1.86. The second-order valence-corrected chi connectivity index (χ2v) is 5.37. The molecule has 0 amide bonds. The fourth-order valence-electron chi connectivity index (χ4n) is 3.12. The van der Waals surface area contributed by atoms with Crippen molar-refractivity contribution in [1.82, 2.24) is 14.8 Å². The van der Waals surface area contributed by atoms with E-state index in [0.29, 0.717) is 28.1 Å². The van der Waals surface area contributed by atoms with Crippen molar-refractivity contribution in [1.29, 1.82) is 0 Å². The molecular formula is C13H12N4O3. The van der Waals surface area contributed by atoms with Gasteiger partial charge in [0.05, 0.1) is 24.0 Å². The van der Waals surface area contributed by atoms with Crippen molar-refractivity contribution >= 4 is 5.97 Å². The number of nitrogens with zero attached hydrogens (tertiary/aromatic N) is 4. The van der Waals surface area contributed by atoms with Crippen LogP contribution in [0, 0.1) is 11.1 Å². The zero-order valence-corrected chi connectivity index (χ0v) is 10.6. The van der Waals surface area contributed by atoms with Gasteiger partial charge >= 0.3 is 5.97 Å². The average molecular weight is 272 g/mol. The maximum absolute atomic E-state index is 11.4. The summed E-state index contributed by atoms with van der Waals surface area (Å²) in [5.74, 6) is 0.618. The fraction of sp³-hybridized carbons (Fsp3) is 0.385. The Bertz CT molecular complexity index is 724. The standard InChI is InChI=1S/C13H12N4O3/c18-12(19)5-10-9-4-7-3-8(7)13(9)17(15-10)11-6-16(20)2-1-14-11/h1-2,6-8H,3-5H2,(H,18,19). The van der Waals surface area contributed by atoms with Crippen LogP contribution in [0.5, 0.6) is 0 Å². The van der Waals surface area contributed by atoms with E-state index in [2.05, 4.69) is 10.1 Å². The minimum atomic E-state index is -0.891. The maximum Gasteiger partial charge on any atom is 0.309 e. The van der Waals surface area contributed by atoms with E-state index < -0.39 is 5.97 Å². The highest BCUT2D eigenvalue weighted by atomic mass is 16.5. The Morgan fingerprint density at radius 2 is 2.45 bits per heavy atom. The second-order valence-electron chi connectivity index (χ2n) is 5.37. The van der Waals surface area contributed by atoms with Gasteiger partial charge < -0.3 is 10.3 Å². The van der Waals surface area contributed by atoms with Gasteiger partial charge in [0, 0.05) is 5.92 Å². The van der Waals surface area contributed by atoms with Crippen LogP contribution in [0.3, 0.4) is 0 Å². The minimum absolute atomic E-state index is 0.0843. The van der Waals surface area contributed by atoms with Crippen LogP contribution in [0.15, 0.2) is 18.6 Å². The van der Waals surface area contributed by atoms with Gasteiger partial charge in [-0.3, -0.25) is 4.79 Å². The van der Waals surface area contributed by atoms with Crippen molar-refractivity contribution in [2.24, 2.45) is 5.92 Å². The molecule has 1 saturated carbocycles. The molecule has 2 aromatic rings. The summed E-state index contributed by atoms with van der Waals surface area (Å²) < 4.78 is 2.33. The highest BCUT2D eigenvalue weighted by Crippen LogP contribution is 2.57. The van der Waals surface area contributed by atoms with Crippen LogP contribution in [0.4, 0.5) is 0 Å². The first-order valence-electron chi connectivity index (χ1n) is 6.51. The monoisotopic (exact) mass is 272 g/mol. The van der Waals surface area contributed by atoms with E-state index in [-0.39, 0.29) is 6.42 Å². The number of rotatable bonds is 3. The van der Waals surface area contributed by atoms with Crippen molar-refractivity contribution in [3.05, 3.63) is 40.7 Å². The Morgan fingerprint density at radius 1 is 1.60 bits per heavy atom. The lowest BCUT2D eigenvalue weighted by Crippen LogP contribution is -2.26. The maximum atomic E-state index is 11.4. The Hall–Kier alpha value is -2.44. The van der Waals surface area contributed by atoms with Gasteiger partial charge in [0.25, 0.3) is 0 Å². The first kappa shape index (κ1) is 11.4. The average Bonchev–Trinajstić information content (AvgIpc) is 2.92. The van der Waals surface area contributed by atoms with E-state index in [1.165, 1.54) is 18.6 Å². The van der Waals surface area contributed by atoms with Crippen molar-refractivity contribution < 1.29 is 14.6 Å². The third-order valence-electron chi connectivity index (χ3n) is 4.05. The van der Waals surface area contributed by atoms with E-state index >= 15 is 0 Å². The van der Waals surface area contributed by atoms with Gasteiger partial charge in [0.2, 0.25) is 12.0 Å². The smallest absolute Gasteiger partial charge is 0.309 e. The summed E-state index contributed by atoms with van der Waals surface area (Å²) in [7, 11) is 0. The number of hydrogen-bond acceptors (Lipinski definition) is 4. The molecular weight excluding hydrogens is 260 g/mol. The van der Waals surface area contributed by atoms with E-state index in [1.807, 2.05) is 0 Å². The molecule has 0 radical (unpaired) electrons. The van der Waals surface area contributed by atoms with Gasteiger partial charge in [-0.15, -0.1) is 0 Å². The highest BCUT2D eigenvalue weighted by Gasteiger charge is 2.49. The molecule has 0 bridgehead atoms. The fourth-order valence-corrected chi connectivity index (χ4v) is 3.12. The summed E-state index contributed by atoms with van der Waals surface area (Å²) in [6.45, 7) is 0. The zero-order chi connectivity index (χ0) is 13.9. The highest BCUT2D eigenvalue weighted by molar-refractivity contribution is 5.70. The van der Waals surface area contributed by atoms with Crippen LogP contribution < -0.4 is 4.73 Å². The third kappa shape index (κ3) is 1.59.